The van der Waals surface area contributed by atoms with Gasteiger partial charge in [-0.3, -0.25) is 0 Å². The monoisotopic (exact) mass is 205 g/mol. The summed E-state index contributed by atoms with van der Waals surface area (Å²) < 4.78 is 0. The minimum atomic E-state index is -0.307. The largest absolute Gasteiger partial charge is 0.197 e. The molecule has 0 saturated heterocycles. The summed E-state index contributed by atoms with van der Waals surface area (Å²) in [6.45, 7) is 2.01. The minimum absolute atomic E-state index is 0.307. The topological polar surface area (TPSA) is 23.8 Å². The van der Waals surface area contributed by atoms with E-state index in [1.807, 2.05) is 25.1 Å². The Kier molecular flexibility index (Phi) is 2.25. The van der Waals surface area contributed by atoms with Crippen molar-refractivity contribution in [2.24, 2.45) is 0 Å². The molecule has 0 saturated carbocycles. The van der Waals surface area contributed by atoms with Gasteiger partial charge in [0.1, 0.15) is 0 Å². The number of nitriles is 1. The van der Waals surface area contributed by atoms with Gasteiger partial charge < -0.3 is 0 Å². The van der Waals surface area contributed by atoms with Gasteiger partial charge in [-0.05, 0) is 49.4 Å². The molecule has 0 aromatic heterocycles. The molecule has 1 nitrogen and oxygen atoms in total. The highest BCUT2D eigenvalue weighted by atomic mass is 35.5. The summed E-state index contributed by atoms with van der Waals surface area (Å²) in [7, 11) is 0. The van der Waals surface area contributed by atoms with Gasteiger partial charge in [-0.1, -0.05) is 17.7 Å². The summed E-state index contributed by atoms with van der Waals surface area (Å²) >= 11 is 5.93. The maximum absolute atomic E-state index is 9.18. The quantitative estimate of drug-likeness (QED) is 0.637. The fraction of sp³-hybridized carbons (Fsp3) is 0.417. The molecule has 0 fully saturated rings. The first-order valence-corrected chi connectivity index (χ1v) is 5.24. The zero-order valence-corrected chi connectivity index (χ0v) is 8.93. The predicted octanol–water partition coefficient (Wildman–Crippen LogP) is 3.46. The molecule has 0 N–H and O–H groups in total. The molecule has 0 aliphatic heterocycles. The van der Waals surface area contributed by atoms with Crippen molar-refractivity contribution in [1.29, 1.82) is 5.26 Å². The molecule has 72 valence electrons. The molecule has 2 rings (SSSR count). The van der Waals surface area contributed by atoms with Crippen molar-refractivity contribution in [3.8, 4) is 6.07 Å². The number of hydrogen-bond acceptors (Lipinski definition) is 1. The molecule has 0 spiro atoms. The van der Waals surface area contributed by atoms with Crippen LogP contribution in [0.1, 0.15) is 30.9 Å². The van der Waals surface area contributed by atoms with E-state index in [1.165, 1.54) is 5.56 Å². The lowest BCUT2D eigenvalue weighted by Gasteiger charge is -2.29. The fourth-order valence-corrected chi connectivity index (χ4v) is 2.39. The number of hydrogen-bond donors (Lipinski definition) is 0. The van der Waals surface area contributed by atoms with E-state index in [-0.39, 0.29) is 5.41 Å². The molecule has 2 heteroatoms. The van der Waals surface area contributed by atoms with Gasteiger partial charge in [0.25, 0.3) is 0 Å². The summed E-state index contributed by atoms with van der Waals surface area (Å²) in [6.07, 6.45) is 3.09. The summed E-state index contributed by atoms with van der Waals surface area (Å²) in [5.74, 6) is 0. The zero-order valence-electron chi connectivity index (χ0n) is 8.18. The maximum Gasteiger partial charge on any atom is 0.0797 e. The molecule has 0 amide bonds. The molecule has 0 radical (unpaired) electrons. The maximum atomic E-state index is 9.18. The Morgan fingerprint density at radius 3 is 3.00 bits per heavy atom. The van der Waals surface area contributed by atoms with E-state index in [9.17, 15) is 5.26 Å². The lowest BCUT2D eigenvalue weighted by atomic mass is 9.72. The van der Waals surface area contributed by atoms with E-state index < -0.39 is 0 Å². The smallest absolute Gasteiger partial charge is 0.0797 e. The first-order chi connectivity index (χ1) is 6.65. The summed E-state index contributed by atoms with van der Waals surface area (Å²) in [6, 6.07) is 8.28. The van der Waals surface area contributed by atoms with Crippen LogP contribution in [0.2, 0.25) is 5.02 Å². The Bertz CT molecular complexity index is 405. The molecular weight excluding hydrogens is 194 g/mol. The van der Waals surface area contributed by atoms with Crippen molar-refractivity contribution in [3.63, 3.8) is 0 Å². The highest BCUT2D eigenvalue weighted by molar-refractivity contribution is 6.30. The van der Waals surface area contributed by atoms with Crippen LogP contribution in [0, 0.1) is 11.3 Å². The molecule has 0 heterocycles. The van der Waals surface area contributed by atoms with E-state index in [4.69, 9.17) is 11.6 Å². The van der Waals surface area contributed by atoms with Crippen LogP contribution in [0.25, 0.3) is 0 Å². The third-order valence-electron chi connectivity index (χ3n) is 3.03. The second kappa shape index (κ2) is 3.29. The molecule has 1 aromatic rings. The molecule has 1 aliphatic rings. The van der Waals surface area contributed by atoms with Crippen molar-refractivity contribution in [2.75, 3.05) is 0 Å². The Morgan fingerprint density at radius 2 is 2.29 bits per heavy atom. The van der Waals surface area contributed by atoms with E-state index in [1.54, 1.807) is 0 Å². The lowest BCUT2D eigenvalue weighted by molar-refractivity contribution is 0.492. The zero-order chi connectivity index (χ0) is 10.2. The normalized spacial score (nSPS) is 25.2. The second-order valence-electron chi connectivity index (χ2n) is 4.10. The molecule has 0 unspecified atom stereocenters. The summed E-state index contributed by atoms with van der Waals surface area (Å²) in [5.41, 5.74) is 2.10. The highest BCUT2D eigenvalue weighted by Gasteiger charge is 2.31. The number of fused-ring (bicyclic) bond motifs is 1. The predicted molar refractivity (Wildman–Crippen MR) is 57.4 cm³/mol. The van der Waals surface area contributed by atoms with Crippen molar-refractivity contribution in [3.05, 3.63) is 34.3 Å². The van der Waals surface area contributed by atoms with Crippen LogP contribution in [-0.2, 0) is 11.8 Å². The average molecular weight is 206 g/mol. The first kappa shape index (κ1) is 9.55. The first-order valence-electron chi connectivity index (χ1n) is 4.86. The van der Waals surface area contributed by atoms with Crippen LogP contribution >= 0.6 is 11.6 Å². The molecule has 1 aliphatic carbocycles. The molecule has 14 heavy (non-hydrogen) atoms. The van der Waals surface area contributed by atoms with Crippen LogP contribution in [0.3, 0.4) is 0 Å². The van der Waals surface area contributed by atoms with Gasteiger partial charge in [0.05, 0.1) is 11.5 Å². The molecule has 1 aromatic carbocycles. The Morgan fingerprint density at radius 1 is 1.50 bits per heavy atom. The van der Waals surface area contributed by atoms with Gasteiger partial charge in [0, 0.05) is 5.02 Å². The van der Waals surface area contributed by atoms with Crippen molar-refractivity contribution in [1.82, 2.24) is 0 Å². The third-order valence-corrected chi connectivity index (χ3v) is 3.27. The van der Waals surface area contributed by atoms with Gasteiger partial charge in [0.15, 0.2) is 0 Å². The molecule has 0 bridgehead atoms. The second-order valence-corrected chi connectivity index (χ2v) is 4.54. The number of rotatable bonds is 0. The SMILES string of the molecule is C[C@@]1(C#N)CCCc2cc(Cl)ccc21. The van der Waals surface area contributed by atoms with Crippen LogP contribution < -0.4 is 0 Å². The van der Waals surface area contributed by atoms with Crippen molar-refractivity contribution in [2.45, 2.75) is 31.6 Å². The van der Waals surface area contributed by atoms with Crippen LogP contribution in [0.15, 0.2) is 18.2 Å². The van der Waals surface area contributed by atoms with E-state index in [0.29, 0.717) is 0 Å². The number of benzene rings is 1. The van der Waals surface area contributed by atoms with Gasteiger partial charge in [0.2, 0.25) is 0 Å². The van der Waals surface area contributed by atoms with Gasteiger partial charge in [-0.15, -0.1) is 0 Å². The number of nitrogens with zero attached hydrogens (tertiary/aromatic N) is 1. The van der Waals surface area contributed by atoms with Crippen LogP contribution in [-0.4, -0.2) is 0 Å². The van der Waals surface area contributed by atoms with Gasteiger partial charge in [-0.25, -0.2) is 0 Å². The molecular formula is C12H12ClN. The van der Waals surface area contributed by atoms with Crippen molar-refractivity contribution >= 4 is 11.6 Å². The number of halogens is 1. The van der Waals surface area contributed by atoms with Crippen LogP contribution in [0.5, 0.6) is 0 Å². The lowest BCUT2D eigenvalue weighted by Crippen LogP contribution is -2.25. The summed E-state index contributed by atoms with van der Waals surface area (Å²) in [5, 5.41) is 9.95. The van der Waals surface area contributed by atoms with E-state index in [0.717, 1.165) is 29.8 Å². The Hall–Kier alpha value is -1.00. The van der Waals surface area contributed by atoms with Gasteiger partial charge >= 0.3 is 0 Å². The standard InChI is InChI=1S/C12H12ClN/c1-12(8-14)6-2-3-9-7-10(13)4-5-11(9)12/h4-5,7H,2-3,6H2,1H3/t12-/m0/s1. The van der Waals surface area contributed by atoms with Gasteiger partial charge in [-0.2, -0.15) is 5.26 Å². The third kappa shape index (κ3) is 1.40. The molecule has 1 atom stereocenters. The van der Waals surface area contributed by atoms with E-state index in [2.05, 4.69) is 6.07 Å². The van der Waals surface area contributed by atoms with Crippen LogP contribution in [0.4, 0.5) is 0 Å². The van der Waals surface area contributed by atoms with E-state index >= 15 is 0 Å². The number of aryl methyl sites for hydroxylation is 1. The Labute approximate surface area is 89.3 Å². The minimum Gasteiger partial charge on any atom is -0.197 e. The fourth-order valence-electron chi connectivity index (χ4n) is 2.19. The Balaban J connectivity index is 2.57. The highest BCUT2D eigenvalue weighted by Crippen LogP contribution is 2.37. The summed E-state index contributed by atoms with van der Waals surface area (Å²) in [4.78, 5) is 0. The average Bonchev–Trinajstić information content (AvgIpc) is 2.18. The van der Waals surface area contributed by atoms with Crippen molar-refractivity contribution < 1.29 is 0 Å².